The zero-order valence-electron chi connectivity index (χ0n) is 10.4. The summed E-state index contributed by atoms with van der Waals surface area (Å²) in [6.45, 7) is 4.82. The number of nitro groups is 1. The number of nitrogens with zero attached hydrogens (tertiary/aromatic N) is 1. The largest absolute Gasteiger partial charge is 0.396 e. The molecule has 0 amide bonds. The van der Waals surface area contributed by atoms with Crippen molar-refractivity contribution < 1.29 is 14.4 Å². The monoisotopic (exact) mass is 256 g/mol. The Morgan fingerprint density at radius 1 is 1.50 bits per heavy atom. The Morgan fingerprint density at radius 2 is 2.17 bits per heavy atom. The summed E-state index contributed by atoms with van der Waals surface area (Å²) in [5.74, 6) is -0.833. The Kier molecular flexibility index (Phi) is 4.75. The third-order valence-corrected chi connectivity index (χ3v) is 2.57. The third kappa shape index (κ3) is 4.05. The van der Waals surface area contributed by atoms with Crippen molar-refractivity contribution in [3.63, 3.8) is 0 Å². The third-order valence-electron chi connectivity index (χ3n) is 2.57. The fourth-order valence-electron chi connectivity index (χ4n) is 1.41. The number of nitrogens with one attached hydrogen (secondary N) is 1. The molecule has 6 heteroatoms. The molecule has 2 N–H and O–H groups in total. The van der Waals surface area contributed by atoms with Gasteiger partial charge in [0.05, 0.1) is 4.92 Å². The van der Waals surface area contributed by atoms with Crippen molar-refractivity contribution in [2.24, 2.45) is 5.41 Å². The standard InChI is InChI=1S/C12H17FN2O3/c1-12(2,8-16)7-14-6-9-3-4-11(15(17)18)10(13)5-9/h3-5,14,16H,6-8H2,1-2H3. The van der Waals surface area contributed by atoms with Crippen LogP contribution in [0.5, 0.6) is 0 Å². The lowest BCUT2D eigenvalue weighted by molar-refractivity contribution is -0.387. The van der Waals surface area contributed by atoms with Crippen LogP contribution in [0.15, 0.2) is 18.2 Å². The van der Waals surface area contributed by atoms with E-state index in [-0.39, 0.29) is 12.0 Å². The van der Waals surface area contributed by atoms with Crippen LogP contribution in [0.4, 0.5) is 10.1 Å². The second-order valence-corrected chi connectivity index (χ2v) is 4.97. The van der Waals surface area contributed by atoms with E-state index < -0.39 is 16.4 Å². The lowest BCUT2D eigenvalue weighted by atomic mass is 9.95. The number of aliphatic hydroxyl groups excluding tert-OH is 1. The summed E-state index contributed by atoms with van der Waals surface area (Å²) in [6.07, 6.45) is 0. The highest BCUT2D eigenvalue weighted by Gasteiger charge is 2.16. The molecule has 0 aliphatic heterocycles. The van der Waals surface area contributed by atoms with Crippen molar-refractivity contribution in [1.82, 2.24) is 5.32 Å². The number of benzene rings is 1. The maximum atomic E-state index is 13.3. The van der Waals surface area contributed by atoms with Crippen LogP contribution < -0.4 is 5.32 Å². The Morgan fingerprint density at radius 3 is 2.67 bits per heavy atom. The van der Waals surface area contributed by atoms with E-state index in [0.717, 1.165) is 12.1 Å². The number of aliphatic hydroxyl groups is 1. The number of halogens is 1. The van der Waals surface area contributed by atoms with Crippen molar-refractivity contribution in [1.29, 1.82) is 0 Å². The van der Waals surface area contributed by atoms with Crippen LogP contribution >= 0.6 is 0 Å². The van der Waals surface area contributed by atoms with Crippen LogP contribution in [-0.2, 0) is 6.54 Å². The van der Waals surface area contributed by atoms with E-state index >= 15 is 0 Å². The lowest BCUT2D eigenvalue weighted by Gasteiger charge is -2.21. The topological polar surface area (TPSA) is 75.4 Å². The molecule has 0 heterocycles. The number of nitro benzene ring substituents is 1. The molecule has 1 aromatic carbocycles. The number of hydrogen-bond acceptors (Lipinski definition) is 4. The van der Waals surface area contributed by atoms with Crippen LogP contribution in [0.2, 0.25) is 0 Å². The summed E-state index contributed by atoms with van der Waals surface area (Å²) in [7, 11) is 0. The Balaban J connectivity index is 2.59. The van der Waals surface area contributed by atoms with Crippen LogP contribution in [0, 0.1) is 21.3 Å². The highest BCUT2D eigenvalue weighted by Crippen LogP contribution is 2.18. The van der Waals surface area contributed by atoms with Gasteiger partial charge in [-0.05, 0) is 11.6 Å². The van der Waals surface area contributed by atoms with Crippen molar-refractivity contribution in [2.45, 2.75) is 20.4 Å². The first kappa shape index (κ1) is 14.5. The molecule has 1 aromatic rings. The lowest BCUT2D eigenvalue weighted by Crippen LogP contribution is -2.31. The van der Waals surface area contributed by atoms with Gasteiger partial charge in [-0.15, -0.1) is 0 Å². The van der Waals surface area contributed by atoms with Gasteiger partial charge >= 0.3 is 5.69 Å². The molecule has 1 rings (SSSR count). The molecule has 0 aromatic heterocycles. The smallest absolute Gasteiger partial charge is 0.304 e. The van der Waals surface area contributed by atoms with Gasteiger partial charge in [0.1, 0.15) is 0 Å². The zero-order chi connectivity index (χ0) is 13.8. The fraction of sp³-hybridized carbons (Fsp3) is 0.500. The summed E-state index contributed by atoms with van der Waals surface area (Å²) in [6, 6.07) is 3.82. The van der Waals surface area contributed by atoms with E-state index in [1.54, 1.807) is 0 Å². The van der Waals surface area contributed by atoms with Crippen molar-refractivity contribution in [2.75, 3.05) is 13.2 Å². The van der Waals surface area contributed by atoms with Crippen LogP contribution in [0.1, 0.15) is 19.4 Å². The van der Waals surface area contributed by atoms with Crippen LogP contribution in [-0.4, -0.2) is 23.2 Å². The molecule has 0 atom stereocenters. The summed E-state index contributed by atoms with van der Waals surface area (Å²) in [5, 5.41) is 22.6. The molecule has 5 nitrogen and oxygen atoms in total. The van der Waals surface area contributed by atoms with Gasteiger partial charge < -0.3 is 10.4 Å². The van der Waals surface area contributed by atoms with Gasteiger partial charge in [0.2, 0.25) is 5.82 Å². The van der Waals surface area contributed by atoms with Crippen LogP contribution in [0.3, 0.4) is 0 Å². The van der Waals surface area contributed by atoms with Gasteiger partial charge in [-0.2, -0.15) is 4.39 Å². The molecule has 0 spiro atoms. The van der Waals surface area contributed by atoms with E-state index in [4.69, 9.17) is 5.11 Å². The Hall–Kier alpha value is -1.53. The van der Waals surface area contributed by atoms with E-state index in [0.29, 0.717) is 18.7 Å². The van der Waals surface area contributed by atoms with Crippen molar-refractivity contribution in [3.05, 3.63) is 39.7 Å². The highest BCUT2D eigenvalue weighted by atomic mass is 19.1. The zero-order valence-corrected chi connectivity index (χ0v) is 10.4. The molecule has 18 heavy (non-hydrogen) atoms. The summed E-state index contributed by atoms with van der Waals surface area (Å²) >= 11 is 0. The fourth-order valence-corrected chi connectivity index (χ4v) is 1.41. The van der Waals surface area contributed by atoms with Gasteiger partial charge in [-0.1, -0.05) is 19.9 Å². The first-order chi connectivity index (χ1) is 8.35. The van der Waals surface area contributed by atoms with E-state index in [2.05, 4.69) is 5.32 Å². The molecule has 0 aliphatic carbocycles. The minimum atomic E-state index is -0.833. The number of hydrogen-bond donors (Lipinski definition) is 2. The maximum absolute atomic E-state index is 13.3. The second-order valence-electron chi connectivity index (χ2n) is 4.97. The average molecular weight is 256 g/mol. The SMILES string of the molecule is CC(C)(CO)CNCc1ccc([N+](=O)[O-])c(F)c1. The summed E-state index contributed by atoms with van der Waals surface area (Å²) in [4.78, 5) is 9.69. The maximum Gasteiger partial charge on any atom is 0.304 e. The Labute approximate surface area is 105 Å². The molecule has 0 bridgehead atoms. The minimum absolute atomic E-state index is 0.0502. The van der Waals surface area contributed by atoms with E-state index in [9.17, 15) is 14.5 Å². The van der Waals surface area contributed by atoms with Gasteiger partial charge in [0, 0.05) is 31.2 Å². The van der Waals surface area contributed by atoms with E-state index in [1.165, 1.54) is 6.07 Å². The van der Waals surface area contributed by atoms with Gasteiger partial charge in [-0.25, -0.2) is 0 Å². The normalized spacial score (nSPS) is 11.6. The first-order valence-corrected chi connectivity index (χ1v) is 5.60. The van der Waals surface area contributed by atoms with E-state index in [1.807, 2.05) is 13.8 Å². The summed E-state index contributed by atoms with van der Waals surface area (Å²) < 4.78 is 13.3. The molecule has 0 aliphatic rings. The van der Waals surface area contributed by atoms with Gasteiger partial charge in [0.25, 0.3) is 0 Å². The number of rotatable bonds is 6. The van der Waals surface area contributed by atoms with Crippen molar-refractivity contribution in [3.8, 4) is 0 Å². The quantitative estimate of drug-likeness (QED) is 0.601. The average Bonchev–Trinajstić information content (AvgIpc) is 2.28. The van der Waals surface area contributed by atoms with Crippen LogP contribution in [0.25, 0.3) is 0 Å². The molecule has 0 saturated heterocycles. The minimum Gasteiger partial charge on any atom is -0.396 e. The molecule has 0 unspecified atom stereocenters. The molecule has 0 saturated carbocycles. The highest BCUT2D eigenvalue weighted by molar-refractivity contribution is 5.34. The summed E-state index contributed by atoms with van der Waals surface area (Å²) in [5.41, 5.74) is -0.138. The van der Waals surface area contributed by atoms with Crippen molar-refractivity contribution >= 4 is 5.69 Å². The molecule has 0 fully saturated rings. The van der Waals surface area contributed by atoms with Gasteiger partial charge in [-0.3, -0.25) is 10.1 Å². The molecular weight excluding hydrogens is 239 g/mol. The van der Waals surface area contributed by atoms with Gasteiger partial charge in [0.15, 0.2) is 0 Å². The second kappa shape index (κ2) is 5.88. The predicted molar refractivity (Wildman–Crippen MR) is 65.6 cm³/mol. The predicted octanol–water partition coefficient (Wildman–Crippen LogP) is 1.84. The molecule has 100 valence electrons. The Bertz CT molecular complexity index is 435. The first-order valence-electron chi connectivity index (χ1n) is 5.60. The molecule has 0 radical (unpaired) electrons. The molecular formula is C12H17FN2O3.